The minimum atomic E-state index is -0.263. The van der Waals surface area contributed by atoms with Gasteiger partial charge in [0.2, 0.25) is 0 Å². The molecule has 21 heavy (non-hydrogen) atoms. The Morgan fingerprint density at radius 1 is 1.19 bits per heavy atom. The second kappa shape index (κ2) is 5.30. The van der Waals surface area contributed by atoms with Crippen LogP contribution in [0.15, 0.2) is 40.9 Å². The third-order valence-electron chi connectivity index (χ3n) is 3.60. The zero-order valence-corrected chi connectivity index (χ0v) is 12.3. The van der Waals surface area contributed by atoms with Crippen LogP contribution in [0.2, 0.25) is 0 Å². The second-order valence-corrected chi connectivity index (χ2v) is 5.27. The van der Waals surface area contributed by atoms with Gasteiger partial charge in [-0.3, -0.25) is 4.98 Å². The first-order valence-electron chi connectivity index (χ1n) is 6.88. The Kier molecular flexibility index (Phi) is 3.47. The van der Waals surface area contributed by atoms with Gasteiger partial charge in [-0.15, -0.1) is 0 Å². The first-order valence-corrected chi connectivity index (χ1v) is 6.88. The van der Waals surface area contributed by atoms with Crippen LogP contribution in [0.4, 0.5) is 4.39 Å². The largest absolute Gasteiger partial charge is 0.459 e. The number of nitrogens with one attached hydrogen (secondary N) is 1. The predicted molar refractivity (Wildman–Crippen MR) is 80.8 cm³/mol. The Labute approximate surface area is 122 Å². The molecule has 0 aliphatic rings. The highest BCUT2D eigenvalue weighted by Gasteiger charge is 2.20. The number of furan rings is 1. The smallest absolute Gasteiger partial charge is 0.134 e. The number of rotatable bonds is 3. The van der Waals surface area contributed by atoms with E-state index in [-0.39, 0.29) is 11.9 Å². The summed E-state index contributed by atoms with van der Waals surface area (Å²) in [6, 6.07) is 8.33. The van der Waals surface area contributed by atoms with Crippen molar-refractivity contribution in [2.75, 3.05) is 7.05 Å². The van der Waals surface area contributed by atoms with Crippen molar-refractivity contribution >= 4 is 11.0 Å². The van der Waals surface area contributed by atoms with E-state index in [0.717, 1.165) is 28.0 Å². The van der Waals surface area contributed by atoms with Crippen LogP contribution < -0.4 is 5.32 Å². The molecule has 0 saturated heterocycles. The molecule has 3 nitrogen and oxygen atoms in total. The van der Waals surface area contributed by atoms with E-state index in [0.29, 0.717) is 5.58 Å². The quantitative estimate of drug-likeness (QED) is 0.793. The van der Waals surface area contributed by atoms with Crippen LogP contribution in [-0.2, 0) is 0 Å². The number of halogens is 1. The molecule has 0 spiro atoms. The second-order valence-electron chi connectivity index (χ2n) is 5.27. The highest BCUT2D eigenvalue weighted by Crippen LogP contribution is 2.29. The van der Waals surface area contributed by atoms with E-state index < -0.39 is 0 Å². The molecular weight excluding hydrogens is 267 g/mol. The van der Waals surface area contributed by atoms with Crippen molar-refractivity contribution < 1.29 is 8.81 Å². The average Bonchev–Trinajstić information content (AvgIpc) is 2.84. The lowest BCUT2D eigenvalue weighted by Crippen LogP contribution is -2.19. The standard InChI is InChI=1S/C17H17FN2O/c1-10-6-11(2)16(20-9-10)17(19-3)15-8-12-7-13(18)4-5-14(12)21-15/h4-9,17,19H,1-3H3. The first-order chi connectivity index (χ1) is 10.1. The van der Waals surface area contributed by atoms with Crippen LogP contribution in [0.3, 0.4) is 0 Å². The summed E-state index contributed by atoms with van der Waals surface area (Å²) in [6.45, 7) is 4.05. The Morgan fingerprint density at radius 2 is 2.00 bits per heavy atom. The van der Waals surface area contributed by atoms with Crippen molar-refractivity contribution in [3.63, 3.8) is 0 Å². The van der Waals surface area contributed by atoms with E-state index in [1.54, 1.807) is 6.07 Å². The van der Waals surface area contributed by atoms with E-state index in [1.165, 1.54) is 12.1 Å². The number of nitrogens with zero attached hydrogens (tertiary/aromatic N) is 1. The molecule has 1 unspecified atom stereocenters. The molecular formula is C17H17FN2O. The van der Waals surface area contributed by atoms with E-state index in [2.05, 4.69) is 16.4 Å². The third-order valence-corrected chi connectivity index (χ3v) is 3.60. The van der Waals surface area contributed by atoms with Crippen molar-refractivity contribution in [2.45, 2.75) is 19.9 Å². The summed E-state index contributed by atoms with van der Waals surface area (Å²) in [5.41, 5.74) is 3.82. The molecule has 1 N–H and O–H groups in total. The monoisotopic (exact) mass is 284 g/mol. The maximum Gasteiger partial charge on any atom is 0.134 e. The van der Waals surface area contributed by atoms with Crippen LogP contribution in [0.1, 0.15) is 28.6 Å². The van der Waals surface area contributed by atoms with Gasteiger partial charge in [-0.1, -0.05) is 6.07 Å². The minimum Gasteiger partial charge on any atom is -0.459 e. The Hall–Kier alpha value is -2.20. The normalized spacial score (nSPS) is 12.8. The van der Waals surface area contributed by atoms with E-state index in [1.807, 2.05) is 33.2 Å². The van der Waals surface area contributed by atoms with Gasteiger partial charge < -0.3 is 9.73 Å². The van der Waals surface area contributed by atoms with E-state index >= 15 is 0 Å². The summed E-state index contributed by atoms with van der Waals surface area (Å²) in [5.74, 6) is 0.470. The molecule has 0 aliphatic carbocycles. The summed E-state index contributed by atoms with van der Waals surface area (Å²) in [6.07, 6.45) is 1.84. The SMILES string of the molecule is CNC(c1cc2cc(F)ccc2o1)c1ncc(C)cc1C. The van der Waals surface area contributed by atoms with E-state index in [4.69, 9.17) is 4.42 Å². The van der Waals surface area contributed by atoms with Crippen LogP contribution in [0.5, 0.6) is 0 Å². The van der Waals surface area contributed by atoms with Gasteiger partial charge in [-0.25, -0.2) is 4.39 Å². The topological polar surface area (TPSA) is 38.1 Å². The van der Waals surface area contributed by atoms with Crippen LogP contribution >= 0.6 is 0 Å². The number of pyridine rings is 1. The number of benzene rings is 1. The zero-order valence-electron chi connectivity index (χ0n) is 12.3. The van der Waals surface area contributed by atoms with Crippen molar-refractivity contribution in [2.24, 2.45) is 0 Å². The molecule has 108 valence electrons. The first kappa shape index (κ1) is 13.8. The van der Waals surface area contributed by atoms with Gasteiger partial charge in [0.15, 0.2) is 0 Å². The Morgan fingerprint density at radius 3 is 2.71 bits per heavy atom. The van der Waals surface area contributed by atoms with Crippen molar-refractivity contribution in [1.29, 1.82) is 0 Å². The molecule has 1 atom stereocenters. The number of aromatic nitrogens is 1. The highest BCUT2D eigenvalue weighted by molar-refractivity contribution is 5.78. The summed E-state index contributed by atoms with van der Waals surface area (Å²) in [5, 5.41) is 3.98. The van der Waals surface area contributed by atoms with Gasteiger partial charge in [0.25, 0.3) is 0 Å². The third kappa shape index (κ3) is 2.54. The molecule has 0 aliphatic heterocycles. The fraction of sp³-hybridized carbons (Fsp3) is 0.235. The Bertz CT molecular complexity index is 795. The highest BCUT2D eigenvalue weighted by atomic mass is 19.1. The maximum atomic E-state index is 13.3. The van der Waals surface area contributed by atoms with Crippen LogP contribution in [0, 0.1) is 19.7 Å². The molecule has 0 amide bonds. The average molecular weight is 284 g/mol. The van der Waals surface area contributed by atoms with Crippen molar-refractivity contribution in [3.8, 4) is 0 Å². The number of hydrogen-bond acceptors (Lipinski definition) is 3. The number of aryl methyl sites for hydroxylation is 2. The van der Waals surface area contributed by atoms with Crippen LogP contribution in [-0.4, -0.2) is 12.0 Å². The van der Waals surface area contributed by atoms with E-state index in [9.17, 15) is 4.39 Å². The van der Waals surface area contributed by atoms with Crippen LogP contribution in [0.25, 0.3) is 11.0 Å². The zero-order chi connectivity index (χ0) is 15.0. The molecule has 1 aromatic carbocycles. The van der Waals surface area contributed by atoms with Crippen molar-refractivity contribution in [1.82, 2.24) is 10.3 Å². The van der Waals surface area contributed by atoms with Gasteiger partial charge in [0, 0.05) is 11.6 Å². The van der Waals surface area contributed by atoms with Gasteiger partial charge in [0.05, 0.1) is 5.69 Å². The maximum absolute atomic E-state index is 13.3. The fourth-order valence-electron chi connectivity index (χ4n) is 2.62. The molecule has 0 fully saturated rings. The Balaban J connectivity index is 2.09. The molecule has 0 saturated carbocycles. The molecule has 4 heteroatoms. The van der Waals surface area contributed by atoms with Gasteiger partial charge in [-0.2, -0.15) is 0 Å². The molecule has 3 aromatic rings. The minimum absolute atomic E-state index is 0.152. The molecule has 2 aromatic heterocycles. The number of hydrogen-bond donors (Lipinski definition) is 1. The molecule has 0 radical (unpaired) electrons. The lowest BCUT2D eigenvalue weighted by molar-refractivity contribution is 0.484. The number of fused-ring (bicyclic) bond motifs is 1. The fourth-order valence-corrected chi connectivity index (χ4v) is 2.62. The summed E-state index contributed by atoms with van der Waals surface area (Å²) in [7, 11) is 1.86. The lowest BCUT2D eigenvalue weighted by atomic mass is 10.0. The van der Waals surface area contributed by atoms with Crippen molar-refractivity contribution in [3.05, 3.63) is 64.9 Å². The van der Waals surface area contributed by atoms with Gasteiger partial charge in [0.1, 0.15) is 23.2 Å². The molecule has 0 bridgehead atoms. The lowest BCUT2D eigenvalue weighted by Gasteiger charge is -2.15. The predicted octanol–water partition coefficient (Wildman–Crippen LogP) is 3.89. The molecule has 2 heterocycles. The molecule has 3 rings (SSSR count). The summed E-state index contributed by atoms with van der Waals surface area (Å²) < 4.78 is 19.1. The van der Waals surface area contributed by atoms with Gasteiger partial charge in [-0.05, 0) is 56.3 Å². The summed E-state index contributed by atoms with van der Waals surface area (Å²) >= 11 is 0. The summed E-state index contributed by atoms with van der Waals surface area (Å²) in [4.78, 5) is 4.52. The van der Waals surface area contributed by atoms with Gasteiger partial charge >= 0.3 is 0 Å².